The van der Waals surface area contributed by atoms with E-state index in [4.69, 9.17) is 4.98 Å². The average Bonchev–Trinajstić information content (AvgIpc) is 3.32. The maximum Gasteiger partial charge on any atom is 0.343 e. The van der Waals surface area contributed by atoms with Crippen LogP contribution in [0.5, 0.6) is 0 Å². The van der Waals surface area contributed by atoms with Crippen molar-refractivity contribution in [2.24, 2.45) is 7.05 Å². The number of H-pyrrole nitrogens is 1. The molecule has 1 atom stereocenters. The largest absolute Gasteiger partial charge is 0.363 e. The molecule has 8 heteroatoms. The smallest absolute Gasteiger partial charge is 0.343 e. The summed E-state index contributed by atoms with van der Waals surface area (Å²) in [6.07, 6.45) is 3.13. The topological polar surface area (TPSA) is 94.6 Å². The summed E-state index contributed by atoms with van der Waals surface area (Å²) in [7, 11) is 1.63. The molecule has 0 amide bonds. The van der Waals surface area contributed by atoms with Gasteiger partial charge in [-0.15, -0.1) is 0 Å². The number of hydrogen-bond acceptors (Lipinski definition) is 4. The zero-order chi connectivity index (χ0) is 17.6. The first-order valence-electron chi connectivity index (χ1n) is 7.84. The van der Waals surface area contributed by atoms with Crippen molar-refractivity contribution in [3.05, 3.63) is 64.6 Å². The van der Waals surface area contributed by atoms with E-state index in [1.807, 2.05) is 47.2 Å². The van der Waals surface area contributed by atoms with Gasteiger partial charge in [0.05, 0.1) is 24.1 Å². The molecule has 0 fully saturated rings. The number of hydrogen-bond donors (Lipinski definition) is 1. The summed E-state index contributed by atoms with van der Waals surface area (Å²) >= 11 is 0. The molecule has 25 heavy (non-hydrogen) atoms. The van der Waals surface area contributed by atoms with Gasteiger partial charge in [0.2, 0.25) is 5.82 Å². The average molecular weight is 336 g/mol. The van der Waals surface area contributed by atoms with Crippen LogP contribution in [0.4, 0.5) is 5.82 Å². The van der Waals surface area contributed by atoms with E-state index in [1.165, 1.54) is 10.8 Å². The van der Waals surface area contributed by atoms with Crippen molar-refractivity contribution in [1.29, 1.82) is 0 Å². The number of para-hydroxylation sites is 2. The van der Waals surface area contributed by atoms with Crippen LogP contribution in [0.3, 0.4) is 0 Å². The first-order chi connectivity index (χ1) is 12.1. The molecule has 1 unspecified atom stereocenters. The van der Waals surface area contributed by atoms with Crippen molar-refractivity contribution in [1.82, 2.24) is 24.1 Å². The summed E-state index contributed by atoms with van der Waals surface area (Å²) in [6.45, 7) is 2.06. The van der Waals surface area contributed by atoms with Crippen molar-refractivity contribution < 1.29 is 4.92 Å². The highest BCUT2D eigenvalue weighted by molar-refractivity contribution is 5.80. The van der Waals surface area contributed by atoms with E-state index in [2.05, 4.69) is 16.9 Å². The molecule has 0 spiro atoms. The summed E-state index contributed by atoms with van der Waals surface area (Å²) in [6, 6.07) is 11.7. The van der Waals surface area contributed by atoms with Gasteiger partial charge in [0.1, 0.15) is 6.20 Å². The Hall–Kier alpha value is -3.42. The minimum Gasteiger partial charge on any atom is -0.363 e. The lowest BCUT2D eigenvalue weighted by atomic mass is 10.2. The Balaban J connectivity index is 1.98. The van der Waals surface area contributed by atoms with Crippen LogP contribution in [0.25, 0.3) is 22.7 Å². The second-order valence-electron chi connectivity index (χ2n) is 5.85. The molecule has 0 aliphatic rings. The zero-order valence-corrected chi connectivity index (χ0v) is 13.7. The van der Waals surface area contributed by atoms with Crippen molar-refractivity contribution >= 4 is 16.9 Å². The van der Waals surface area contributed by atoms with Crippen LogP contribution in [0, 0.1) is 10.1 Å². The summed E-state index contributed by atoms with van der Waals surface area (Å²) in [4.78, 5) is 22.9. The molecule has 3 heterocycles. The number of fused-ring (bicyclic) bond motifs is 1. The SMILES string of the molecule is CC(c1ccc[nH]1)n1c(-c2ncc([N+](=O)[O-])n2C)nc2ccccc21. The number of aromatic nitrogens is 5. The summed E-state index contributed by atoms with van der Waals surface area (Å²) < 4.78 is 3.51. The minimum atomic E-state index is -0.447. The molecule has 0 saturated carbocycles. The van der Waals surface area contributed by atoms with Gasteiger partial charge in [-0.2, -0.15) is 0 Å². The molecular formula is C17H16N6O2. The van der Waals surface area contributed by atoms with E-state index >= 15 is 0 Å². The number of aromatic amines is 1. The molecule has 0 radical (unpaired) electrons. The molecule has 0 aliphatic heterocycles. The molecule has 4 rings (SSSR count). The van der Waals surface area contributed by atoms with Crippen LogP contribution in [0.1, 0.15) is 18.7 Å². The summed E-state index contributed by atoms with van der Waals surface area (Å²) in [5.74, 6) is 0.987. The fourth-order valence-electron chi connectivity index (χ4n) is 3.12. The van der Waals surface area contributed by atoms with Crippen LogP contribution in [0.2, 0.25) is 0 Å². The molecule has 0 saturated heterocycles. The molecule has 0 aliphatic carbocycles. The first kappa shape index (κ1) is 15.1. The molecule has 126 valence electrons. The second-order valence-corrected chi connectivity index (χ2v) is 5.85. The predicted octanol–water partition coefficient (Wildman–Crippen LogP) is 3.28. The van der Waals surface area contributed by atoms with Gasteiger partial charge < -0.3 is 19.7 Å². The highest BCUT2D eigenvalue weighted by Crippen LogP contribution is 2.31. The lowest BCUT2D eigenvalue weighted by Gasteiger charge is -2.15. The third-order valence-electron chi connectivity index (χ3n) is 4.41. The van der Waals surface area contributed by atoms with E-state index in [-0.39, 0.29) is 11.9 Å². The van der Waals surface area contributed by atoms with Crippen LogP contribution in [-0.2, 0) is 7.05 Å². The Morgan fingerprint density at radius 1 is 1.20 bits per heavy atom. The van der Waals surface area contributed by atoms with Crippen LogP contribution in [-0.4, -0.2) is 29.0 Å². The van der Waals surface area contributed by atoms with Crippen molar-refractivity contribution in [3.63, 3.8) is 0 Å². The number of benzene rings is 1. The van der Waals surface area contributed by atoms with Crippen molar-refractivity contribution in [2.75, 3.05) is 0 Å². The normalized spacial score (nSPS) is 12.6. The van der Waals surface area contributed by atoms with Gasteiger partial charge in [-0.3, -0.25) is 0 Å². The minimum absolute atomic E-state index is 0.0341. The van der Waals surface area contributed by atoms with Crippen molar-refractivity contribution in [2.45, 2.75) is 13.0 Å². The lowest BCUT2D eigenvalue weighted by Crippen LogP contribution is -2.11. The Bertz CT molecular complexity index is 1060. The van der Waals surface area contributed by atoms with E-state index in [9.17, 15) is 10.1 Å². The molecule has 3 aromatic heterocycles. The fraction of sp³-hybridized carbons (Fsp3) is 0.176. The molecule has 1 N–H and O–H groups in total. The van der Waals surface area contributed by atoms with Gasteiger partial charge in [-0.25, -0.2) is 14.5 Å². The number of nitrogens with one attached hydrogen (secondary N) is 1. The Morgan fingerprint density at radius 2 is 2.00 bits per heavy atom. The molecule has 1 aromatic carbocycles. The maximum absolute atomic E-state index is 11.2. The highest BCUT2D eigenvalue weighted by atomic mass is 16.6. The second kappa shape index (κ2) is 5.59. The molecule has 4 aromatic rings. The number of imidazole rings is 2. The maximum atomic E-state index is 11.2. The van der Waals surface area contributed by atoms with E-state index in [0.29, 0.717) is 11.6 Å². The monoisotopic (exact) mass is 336 g/mol. The fourth-order valence-corrected chi connectivity index (χ4v) is 3.12. The molecule has 0 bridgehead atoms. The third-order valence-corrected chi connectivity index (χ3v) is 4.41. The van der Waals surface area contributed by atoms with Crippen LogP contribution >= 0.6 is 0 Å². The molecule has 8 nitrogen and oxygen atoms in total. The van der Waals surface area contributed by atoms with Gasteiger partial charge in [-0.1, -0.05) is 12.1 Å². The third kappa shape index (κ3) is 2.30. The Kier molecular flexibility index (Phi) is 3.38. The number of nitro groups is 1. The lowest BCUT2D eigenvalue weighted by molar-refractivity contribution is -0.391. The van der Waals surface area contributed by atoms with E-state index < -0.39 is 4.92 Å². The predicted molar refractivity (Wildman–Crippen MR) is 93.2 cm³/mol. The number of rotatable bonds is 4. The van der Waals surface area contributed by atoms with E-state index in [0.717, 1.165) is 16.7 Å². The highest BCUT2D eigenvalue weighted by Gasteiger charge is 2.26. The summed E-state index contributed by atoms with van der Waals surface area (Å²) in [5.41, 5.74) is 2.79. The summed E-state index contributed by atoms with van der Waals surface area (Å²) in [5, 5.41) is 11.2. The van der Waals surface area contributed by atoms with Gasteiger partial charge >= 0.3 is 5.82 Å². The van der Waals surface area contributed by atoms with Crippen LogP contribution in [0.15, 0.2) is 48.8 Å². The van der Waals surface area contributed by atoms with Crippen molar-refractivity contribution in [3.8, 4) is 11.6 Å². The standard InChI is InChI=1S/C17H16N6O2/c1-11(12-7-5-9-18-12)22-14-8-4-3-6-13(14)20-17(22)16-19-10-15(21(16)2)23(24)25/h3-11,18H,1-2H3. The number of nitrogens with zero attached hydrogens (tertiary/aromatic N) is 5. The Labute approximate surface area is 142 Å². The van der Waals surface area contributed by atoms with Gasteiger partial charge in [0.25, 0.3) is 5.82 Å². The van der Waals surface area contributed by atoms with Crippen LogP contribution < -0.4 is 0 Å². The first-order valence-corrected chi connectivity index (χ1v) is 7.84. The zero-order valence-electron chi connectivity index (χ0n) is 13.7. The molecular weight excluding hydrogens is 320 g/mol. The van der Waals surface area contributed by atoms with Gasteiger partial charge in [-0.05, 0) is 36.1 Å². The van der Waals surface area contributed by atoms with Gasteiger partial charge in [0.15, 0.2) is 0 Å². The quantitative estimate of drug-likeness (QED) is 0.457. The Morgan fingerprint density at radius 3 is 2.68 bits per heavy atom. The van der Waals surface area contributed by atoms with E-state index in [1.54, 1.807) is 7.05 Å². The van der Waals surface area contributed by atoms with Gasteiger partial charge in [0, 0.05) is 11.9 Å².